The van der Waals surface area contributed by atoms with Crippen LogP contribution in [0.5, 0.6) is 0 Å². The minimum atomic E-state index is 0.0588. The second-order valence-corrected chi connectivity index (χ2v) is 4.77. The first kappa shape index (κ1) is 14.0. The van der Waals surface area contributed by atoms with Gasteiger partial charge < -0.3 is 16.0 Å². The van der Waals surface area contributed by atoms with E-state index >= 15 is 0 Å². The normalized spacial score (nSPS) is 10.6. The maximum absolute atomic E-state index is 11.1. The van der Waals surface area contributed by atoms with Crippen LogP contribution in [0.25, 0.3) is 0 Å². The van der Waals surface area contributed by atoms with Crippen LogP contribution >= 0.6 is 15.9 Å². The summed E-state index contributed by atoms with van der Waals surface area (Å²) in [5.74, 6) is 0.0588. The highest BCUT2D eigenvalue weighted by Gasteiger charge is 2.07. The quantitative estimate of drug-likeness (QED) is 0.812. The van der Waals surface area contributed by atoms with Gasteiger partial charge in [0, 0.05) is 36.7 Å². The smallest absolute Gasteiger partial charge is 0.221 e. The Balaban J connectivity index is 2.53. The lowest BCUT2D eigenvalue weighted by atomic mass is 10.2. The molecule has 0 aromatic heterocycles. The van der Waals surface area contributed by atoms with Crippen LogP contribution in [-0.4, -0.2) is 31.4 Å². The monoisotopic (exact) mass is 299 g/mol. The molecule has 1 rings (SSSR count). The fourth-order valence-electron chi connectivity index (χ4n) is 1.51. The molecule has 1 amide bonds. The number of carbonyl (C=O) groups excluding carboxylic acids is 1. The summed E-state index contributed by atoms with van der Waals surface area (Å²) < 4.78 is 0.937. The van der Waals surface area contributed by atoms with Crippen LogP contribution in [0.4, 0.5) is 5.69 Å². The number of amides is 1. The molecule has 17 heavy (non-hydrogen) atoms. The lowest BCUT2D eigenvalue weighted by Gasteiger charge is -2.17. The number of halogens is 1. The Morgan fingerprint density at radius 3 is 2.88 bits per heavy atom. The zero-order valence-electron chi connectivity index (χ0n) is 10.2. The van der Waals surface area contributed by atoms with Gasteiger partial charge in [-0.2, -0.15) is 0 Å². The maximum atomic E-state index is 11.1. The fourth-order valence-corrected chi connectivity index (χ4v) is 1.90. The Labute approximate surface area is 110 Å². The number of rotatable bonds is 5. The largest absolute Gasteiger partial charge is 0.398 e. The van der Waals surface area contributed by atoms with E-state index in [9.17, 15) is 4.79 Å². The van der Waals surface area contributed by atoms with E-state index in [0.29, 0.717) is 6.42 Å². The van der Waals surface area contributed by atoms with Crippen molar-refractivity contribution in [2.24, 2.45) is 0 Å². The fraction of sp³-hybridized carbons (Fsp3) is 0.417. The van der Waals surface area contributed by atoms with Gasteiger partial charge in [0.1, 0.15) is 0 Å². The van der Waals surface area contributed by atoms with Gasteiger partial charge in [-0.25, -0.2) is 0 Å². The average Bonchev–Trinajstić information content (AvgIpc) is 2.32. The predicted molar refractivity (Wildman–Crippen MR) is 73.6 cm³/mol. The summed E-state index contributed by atoms with van der Waals surface area (Å²) >= 11 is 3.47. The van der Waals surface area contributed by atoms with Crippen molar-refractivity contribution < 1.29 is 4.79 Å². The van der Waals surface area contributed by atoms with Crippen molar-refractivity contribution in [1.82, 2.24) is 10.2 Å². The minimum absolute atomic E-state index is 0.0588. The van der Waals surface area contributed by atoms with Crippen molar-refractivity contribution in [2.45, 2.75) is 13.0 Å². The summed E-state index contributed by atoms with van der Waals surface area (Å²) in [6.45, 7) is 1.49. The zero-order valence-corrected chi connectivity index (χ0v) is 11.8. The van der Waals surface area contributed by atoms with E-state index in [1.807, 2.05) is 25.2 Å². The highest BCUT2D eigenvalue weighted by Crippen LogP contribution is 2.24. The zero-order chi connectivity index (χ0) is 12.8. The second-order valence-electron chi connectivity index (χ2n) is 3.98. The summed E-state index contributed by atoms with van der Waals surface area (Å²) in [6.07, 6.45) is 0.507. The molecule has 1 aromatic rings. The van der Waals surface area contributed by atoms with Crippen molar-refractivity contribution >= 4 is 27.5 Å². The van der Waals surface area contributed by atoms with Crippen molar-refractivity contribution in [2.75, 3.05) is 26.4 Å². The molecular weight excluding hydrogens is 282 g/mol. The van der Waals surface area contributed by atoms with E-state index in [0.717, 1.165) is 28.8 Å². The van der Waals surface area contributed by atoms with Gasteiger partial charge in [-0.3, -0.25) is 4.79 Å². The number of nitrogen functional groups attached to an aromatic ring is 1. The van der Waals surface area contributed by atoms with E-state index in [-0.39, 0.29) is 5.91 Å². The van der Waals surface area contributed by atoms with Gasteiger partial charge >= 0.3 is 0 Å². The molecule has 4 nitrogen and oxygen atoms in total. The highest BCUT2D eigenvalue weighted by molar-refractivity contribution is 9.10. The van der Waals surface area contributed by atoms with Crippen molar-refractivity contribution in [3.63, 3.8) is 0 Å². The molecule has 0 bridgehead atoms. The Bertz CT molecular complexity index is 395. The lowest BCUT2D eigenvalue weighted by Crippen LogP contribution is -2.26. The molecule has 0 aliphatic carbocycles. The number of anilines is 1. The summed E-state index contributed by atoms with van der Waals surface area (Å²) in [5, 5.41) is 2.61. The number of nitrogens with two attached hydrogens (primary N) is 1. The molecule has 0 heterocycles. The molecule has 0 saturated heterocycles. The van der Waals surface area contributed by atoms with Gasteiger partial charge in [0.05, 0.1) is 0 Å². The summed E-state index contributed by atoms with van der Waals surface area (Å²) in [5.41, 5.74) is 7.68. The number of hydrogen-bond donors (Lipinski definition) is 2. The lowest BCUT2D eigenvalue weighted by molar-refractivity contribution is -0.120. The Hall–Kier alpha value is -1.07. The van der Waals surface area contributed by atoms with E-state index in [2.05, 4.69) is 26.1 Å². The maximum Gasteiger partial charge on any atom is 0.221 e. The van der Waals surface area contributed by atoms with Gasteiger partial charge in [-0.05, 0) is 34.6 Å². The first-order valence-corrected chi connectivity index (χ1v) is 6.26. The molecule has 0 saturated carbocycles. The van der Waals surface area contributed by atoms with Crippen LogP contribution in [0.2, 0.25) is 0 Å². The van der Waals surface area contributed by atoms with Gasteiger partial charge in [-0.15, -0.1) is 0 Å². The molecule has 94 valence electrons. The third-order valence-corrected chi connectivity index (χ3v) is 3.52. The molecule has 5 heteroatoms. The second kappa shape index (κ2) is 6.61. The van der Waals surface area contributed by atoms with Crippen LogP contribution in [0.3, 0.4) is 0 Å². The number of nitrogens with zero attached hydrogens (tertiary/aromatic N) is 1. The first-order chi connectivity index (χ1) is 8.04. The molecule has 0 atom stereocenters. The molecule has 0 fully saturated rings. The SMILES string of the molecule is CNC(=O)CCN(C)Cc1cccc(N)c1Br. The van der Waals surface area contributed by atoms with Crippen molar-refractivity contribution in [3.8, 4) is 0 Å². The van der Waals surface area contributed by atoms with Gasteiger partial charge in [0.25, 0.3) is 0 Å². The summed E-state index contributed by atoms with van der Waals surface area (Å²) in [7, 11) is 3.63. The number of benzene rings is 1. The minimum Gasteiger partial charge on any atom is -0.398 e. The first-order valence-electron chi connectivity index (χ1n) is 5.46. The predicted octanol–water partition coefficient (Wildman–Crippen LogP) is 1.60. The third-order valence-electron chi connectivity index (χ3n) is 2.55. The Morgan fingerprint density at radius 2 is 2.24 bits per heavy atom. The molecule has 0 radical (unpaired) electrons. The molecule has 0 aliphatic rings. The van der Waals surface area contributed by atoms with Crippen molar-refractivity contribution in [3.05, 3.63) is 28.2 Å². The summed E-state index contributed by atoms with van der Waals surface area (Å²) in [4.78, 5) is 13.2. The standard InChI is InChI=1S/C12H18BrN3O/c1-15-11(17)6-7-16(2)8-9-4-3-5-10(14)12(9)13/h3-5H,6-8,14H2,1-2H3,(H,15,17). The molecule has 0 spiro atoms. The molecular formula is C12H18BrN3O. The molecule has 3 N–H and O–H groups in total. The van der Waals surface area contributed by atoms with Crippen molar-refractivity contribution in [1.29, 1.82) is 0 Å². The number of hydrogen-bond acceptors (Lipinski definition) is 3. The number of nitrogens with one attached hydrogen (secondary N) is 1. The van der Waals surface area contributed by atoms with Crippen LogP contribution in [0, 0.1) is 0 Å². The Kier molecular flexibility index (Phi) is 5.44. The van der Waals surface area contributed by atoms with E-state index in [1.54, 1.807) is 7.05 Å². The van der Waals surface area contributed by atoms with Crippen LogP contribution in [0.1, 0.15) is 12.0 Å². The average molecular weight is 300 g/mol. The third kappa shape index (κ3) is 4.36. The topological polar surface area (TPSA) is 58.4 Å². The summed E-state index contributed by atoms with van der Waals surface area (Å²) in [6, 6.07) is 5.82. The van der Waals surface area contributed by atoms with Gasteiger partial charge in [0.2, 0.25) is 5.91 Å². The van der Waals surface area contributed by atoms with Gasteiger partial charge in [0.15, 0.2) is 0 Å². The van der Waals surface area contributed by atoms with Crippen LogP contribution < -0.4 is 11.1 Å². The van der Waals surface area contributed by atoms with Crippen LogP contribution in [-0.2, 0) is 11.3 Å². The molecule has 1 aromatic carbocycles. The van der Waals surface area contributed by atoms with Crippen LogP contribution in [0.15, 0.2) is 22.7 Å². The molecule has 0 aliphatic heterocycles. The van der Waals surface area contributed by atoms with E-state index in [1.165, 1.54) is 0 Å². The van der Waals surface area contributed by atoms with Gasteiger partial charge in [-0.1, -0.05) is 12.1 Å². The highest BCUT2D eigenvalue weighted by atomic mass is 79.9. The number of carbonyl (C=O) groups is 1. The van der Waals surface area contributed by atoms with E-state index in [4.69, 9.17) is 5.73 Å². The Morgan fingerprint density at radius 1 is 1.53 bits per heavy atom. The molecule has 0 unspecified atom stereocenters. The van der Waals surface area contributed by atoms with E-state index < -0.39 is 0 Å².